The van der Waals surface area contributed by atoms with Crippen LogP contribution in [0.3, 0.4) is 0 Å². The Kier molecular flexibility index (Phi) is 12.1. The maximum absolute atomic E-state index is 10.8. The average Bonchev–Trinajstić information content (AvgIpc) is 2.08. The zero-order valence-electron chi connectivity index (χ0n) is 8.46. The summed E-state index contributed by atoms with van der Waals surface area (Å²) in [5.74, 6) is -0.0338. The van der Waals surface area contributed by atoms with Crippen LogP contribution in [0.25, 0.3) is 0 Å². The smallest absolute Gasteiger partial charge is 0.248 e. The van der Waals surface area contributed by atoms with Crippen molar-refractivity contribution in [1.82, 2.24) is 4.90 Å². The molecule has 1 amide bonds. The summed E-state index contributed by atoms with van der Waals surface area (Å²) in [5, 5.41) is 0. The average molecular weight is 176 g/mol. The molecule has 74 valence electrons. The number of carbonyl (C=O) groups is 1. The molecule has 0 aliphatic rings. The SMILES string of the molecule is CC.CN(C)C(=O)COCCN. The van der Waals surface area contributed by atoms with Crippen LogP contribution in [-0.4, -0.2) is 44.7 Å². The highest BCUT2D eigenvalue weighted by Gasteiger charge is 2.01. The minimum absolute atomic E-state index is 0.0338. The Balaban J connectivity index is 0. The number of hydrogen-bond donors (Lipinski definition) is 1. The van der Waals surface area contributed by atoms with E-state index in [-0.39, 0.29) is 12.5 Å². The quantitative estimate of drug-likeness (QED) is 0.617. The molecule has 0 aliphatic carbocycles. The van der Waals surface area contributed by atoms with Crippen LogP contribution in [-0.2, 0) is 9.53 Å². The van der Waals surface area contributed by atoms with Crippen molar-refractivity contribution < 1.29 is 9.53 Å². The van der Waals surface area contributed by atoms with E-state index in [0.29, 0.717) is 13.2 Å². The molecular formula is C8H20N2O2. The van der Waals surface area contributed by atoms with Crippen LogP contribution in [0.1, 0.15) is 13.8 Å². The highest BCUT2D eigenvalue weighted by Crippen LogP contribution is 1.79. The van der Waals surface area contributed by atoms with Crippen LogP contribution >= 0.6 is 0 Å². The summed E-state index contributed by atoms with van der Waals surface area (Å²) >= 11 is 0. The van der Waals surface area contributed by atoms with Gasteiger partial charge in [0, 0.05) is 20.6 Å². The minimum Gasteiger partial charge on any atom is -0.370 e. The number of hydrogen-bond acceptors (Lipinski definition) is 3. The number of nitrogens with zero attached hydrogens (tertiary/aromatic N) is 1. The molecule has 0 heterocycles. The van der Waals surface area contributed by atoms with Gasteiger partial charge in [-0.2, -0.15) is 0 Å². The summed E-state index contributed by atoms with van der Waals surface area (Å²) in [7, 11) is 3.38. The number of likely N-dealkylation sites (N-methyl/N-ethyl adjacent to an activating group) is 1. The van der Waals surface area contributed by atoms with Gasteiger partial charge in [0.15, 0.2) is 0 Å². The molecule has 4 nitrogen and oxygen atoms in total. The van der Waals surface area contributed by atoms with E-state index in [1.54, 1.807) is 14.1 Å². The summed E-state index contributed by atoms with van der Waals surface area (Å²) < 4.78 is 4.89. The largest absolute Gasteiger partial charge is 0.370 e. The van der Waals surface area contributed by atoms with Crippen LogP contribution in [0.5, 0.6) is 0 Å². The molecule has 0 atom stereocenters. The molecule has 0 saturated carbocycles. The van der Waals surface area contributed by atoms with Crippen LogP contribution in [0.2, 0.25) is 0 Å². The van der Waals surface area contributed by atoms with Crippen LogP contribution in [0.4, 0.5) is 0 Å². The van der Waals surface area contributed by atoms with Gasteiger partial charge in [-0.3, -0.25) is 4.79 Å². The first-order chi connectivity index (χ1) is 5.68. The van der Waals surface area contributed by atoms with Crippen molar-refractivity contribution in [3.05, 3.63) is 0 Å². The fraction of sp³-hybridized carbons (Fsp3) is 0.875. The van der Waals surface area contributed by atoms with Crippen LogP contribution in [0.15, 0.2) is 0 Å². The second-order valence-electron chi connectivity index (χ2n) is 2.13. The molecule has 0 spiro atoms. The highest BCUT2D eigenvalue weighted by atomic mass is 16.5. The summed E-state index contributed by atoms with van der Waals surface area (Å²) in [6.07, 6.45) is 0. The summed E-state index contributed by atoms with van der Waals surface area (Å²) in [6, 6.07) is 0. The second kappa shape index (κ2) is 10.4. The first-order valence-corrected chi connectivity index (χ1v) is 4.16. The molecule has 0 aromatic carbocycles. The third-order valence-electron chi connectivity index (χ3n) is 0.987. The zero-order valence-corrected chi connectivity index (χ0v) is 8.46. The number of nitrogens with two attached hydrogens (primary N) is 1. The molecular weight excluding hydrogens is 156 g/mol. The lowest BCUT2D eigenvalue weighted by molar-refractivity contribution is -0.133. The van der Waals surface area contributed by atoms with E-state index in [1.807, 2.05) is 13.8 Å². The molecule has 0 aliphatic heterocycles. The topological polar surface area (TPSA) is 55.6 Å². The predicted octanol–water partition coefficient (Wildman–Crippen LogP) is 0.0761. The molecule has 0 radical (unpaired) electrons. The molecule has 0 fully saturated rings. The highest BCUT2D eigenvalue weighted by molar-refractivity contribution is 5.76. The molecule has 4 heteroatoms. The number of carbonyl (C=O) groups excluding carboxylic acids is 1. The van der Waals surface area contributed by atoms with Gasteiger partial charge >= 0.3 is 0 Å². The molecule has 0 aromatic heterocycles. The monoisotopic (exact) mass is 176 g/mol. The lowest BCUT2D eigenvalue weighted by atomic mass is 10.6. The third kappa shape index (κ3) is 9.39. The van der Waals surface area contributed by atoms with Crippen molar-refractivity contribution in [3.8, 4) is 0 Å². The van der Waals surface area contributed by atoms with Crippen molar-refractivity contribution >= 4 is 5.91 Å². The van der Waals surface area contributed by atoms with E-state index in [1.165, 1.54) is 4.90 Å². The Hall–Kier alpha value is -0.610. The van der Waals surface area contributed by atoms with Crippen molar-refractivity contribution in [2.45, 2.75) is 13.8 Å². The summed E-state index contributed by atoms with van der Waals surface area (Å²) in [4.78, 5) is 12.3. The van der Waals surface area contributed by atoms with Gasteiger partial charge in [0.1, 0.15) is 6.61 Å². The van der Waals surface area contributed by atoms with E-state index in [4.69, 9.17) is 10.5 Å². The Labute approximate surface area is 74.7 Å². The Morgan fingerprint density at radius 3 is 2.25 bits per heavy atom. The first-order valence-electron chi connectivity index (χ1n) is 4.16. The maximum atomic E-state index is 10.8. The van der Waals surface area contributed by atoms with E-state index in [0.717, 1.165) is 0 Å². The number of amides is 1. The standard InChI is InChI=1S/C6H14N2O2.C2H6/c1-8(2)6(9)5-10-4-3-7;1-2/h3-5,7H2,1-2H3;1-2H3. The maximum Gasteiger partial charge on any atom is 0.248 e. The van der Waals surface area contributed by atoms with Gasteiger partial charge in [-0.15, -0.1) is 0 Å². The van der Waals surface area contributed by atoms with Gasteiger partial charge in [0.25, 0.3) is 0 Å². The van der Waals surface area contributed by atoms with Gasteiger partial charge in [0.05, 0.1) is 6.61 Å². The minimum atomic E-state index is -0.0338. The lowest BCUT2D eigenvalue weighted by Gasteiger charge is -2.09. The first kappa shape index (κ1) is 13.9. The van der Waals surface area contributed by atoms with Crippen molar-refractivity contribution in [1.29, 1.82) is 0 Å². The molecule has 0 rings (SSSR count). The van der Waals surface area contributed by atoms with Crippen molar-refractivity contribution in [2.24, 2.45) is 5.73 Å². The lowest BCUT2D eigenvalue weighted by Crippen LogP contribution is -2.27. The van der Waals surface area contributed by atoms with Gasteiger partial charge in [-0.1, -0.05) is 13.8 Å². The van der Waals surface area contributed by atoms with Crippen LogP contribution in [0, 0.1) is 0 Å². The van der Waals surface area contributed by atoms with E-state index >= 15 is 0 Å². The van der Waals surface area contributed by atoms with Crippen molar-refractivity contribution in [2.75, 3.05) is 33.9 Å². The molecule has 2 N–H and O–H groups in total. The number of rotatable bonds is 4. The fourth-order valence-electron chi connectivity index (χ4n) is 0.372. The third-order valence-corrected chi connectivity index (χ3v) is 0.987. The molecule has 0 bridgehead atoms. The Morgan fingerprint density at radius 1 is 1.42 bits per heavy atom. The van der Waals surface area contributed by atoms with Crippen LogP contribution < -0.4 is 5.73 Å². The van der Waals surface area contributed by atoms with Gasteiger partial charge in [-0.05, 0) is 0 Å². The predicted molar refractivity (Wildman–Crippen MR) is 49.9 cm³/mol. The zero-order chi connectivity index (χ0) is 9.98. The Bertz CT molecular complexity index is 105. The molecule has 0 saturated heterocycles. The van der Waals surface area contributed by atoms with Gasteiger partial charge in [0.2, 0.25) is 5.91 Å². The molecule has 0 unspecified atom stereocenters. The fourth-order valence-corrected chi connectivity index (χ4v) is 0.372. The number of ether oxygens (including phenoxy) is 1. The van der Waals surface area contributed by atoms with Crippen molar-refractivity contribution in [3.63, 3.8) is 0 Å². The van der Waals surface area contributed by atoms with E-state index < -0.39 is 0 Å². The second-order valence-corrected chi connectivity index (χ2v) is 2.13. The van der Waals surface area contributed by atoms with Gasteiger partial charge in [-0.25, -0.2) is 0 Å². The van der Waals surface area contributed by atoms with E-state index in [9.17, 15) is 4.79 Å². The Morgan fingerprint density at radius 2 is 1.92 bits per heavy atom. The summed E-state index contributed by atoms with van der Waals surface area (Å²) in [6.45, 7) is 5.03. The van der Waals surface area contributed by atoms with E-state index in [2.05, 4.69) is 0 Å². The molecule has 0 aromatic rings. The van der Waals surface area contributed by atoms with Gasteiger partial charge < -0.3 is 15.4 Å². The summed E-state index contributed by atoms with van der Waals surface area (Å²) in [5.41, 5.74) is 5.14. The normalized spacial score (nSPS) is 8.42. The molecule has 12 heavy (non-hydrogen) atoms.